The topological polar surface area (TPSA) is 32.3 Å². The van der Waals surface area contributed by atoms with Crippen molar-refractivity contribution in [3.05, 3.63) is 0 Å². The molecule has 0 aromatic heterocycles. The number of hydrogen-bond acceptors (Lipinski definition) is 3. The van der Waals surface area contributed by atoms with E-state index in [4.69, 9.17) is 0 Å². The molecule has 0 bridgehead atoms. The minimum absolute atomic E-state index is 0.134. The van der Waals surface area contributed by atoms with Gasteiger partial charge in [0.2, 0.25) is 5.91 Å². The van der Waals surface area contributed by atoms with E-state index in [1.54, 1.807) is 7.05 Å². The van der Waals surface area contributed by atoms with Gasteiger partial charge in [0.1, 0.15) is 0 Å². The van der Waals surface area contributed by atoms with Gasteiger partial charge in [0.15, 0.2) is 0 Å². The second-order valence-corrected chi connectivity index (χ2v) is 3.61. The molecule has 0 saturated carbocycles. The van der Waals surface area contributed by atoms with Gasteiger partial charge in [-0.2, -0.15) is 12.6 Å². The molecule has 0 aromatic rings. The predicted molar refractivity (Wildman–Crippen MR) is 59.2 cm³/mol. The Kier molecular flexibility index (Phi) is 6.16. The molecule has 1 amide bonds. The van der Waals surface area contributed by atoms with E-state index < -0.39 is 0 Å². The summed E-state index contributed by atoms with van der Waals surface area (Å²) in [4.78, 5) is 13.6. The Bertz CT molecular complexity index is 158. The normalized spacial score (nSPS) is 13.1. The van der Waals surface area contributed by atoms with Gasteiger partial charge in [-0.15, -0.1) is 0 Å². The van der Waals surface area contributed by atoms with Crippen LogP contribution in [-0.4, -0.2) is 42.2 Å². The van der Waals surface area contributed by atoms with E-state index in [-0.39, 0.29) is 18.0 Å². The Morgan fingerprint density at radius 3 is 2.31 bits per heavy atom. The fraction of sp³-hybridized carbons (Fsp3) is 0.889. The van der Waals surface area contributed by atoms with Gasteiger partial charge in [0.05, 0.1) is 6.04 Å². The number of nitrogens with zero attached hydrogens (tertiary/aromatic N) is 1. The van der Waals surface area contributed by atoms with E-state index in [0.29, 0.717) is 5.75 Å². The van der Waals surface area contributed by atoms with Crippen LogP contribution < -0.4 is 5.32 Å². The summed E-state index contributed by atoms with van der Waals surface area (Å²) in [6.45, 7) is 6.78. The fourth-order valence-electron chi connectivity index (χ4n) is 1.27. The summed E-state index contributed by atoms with van der Waals surface area (Å²) in [6.07, 6.45) is 0. The van der Waals surface area contributed by atoms with Crippen molar-refractivity contribution in [1.82, 2.24) is 10.2 Å². The van der Waals surface area contributed by atoms with Crippen molar-refractivity contribution >= 4 is 18.5 Å². The highest BCUT2D eigenvalue weighted by Crippen LogP contribution is 2.02. The maximum Gasteiger partial charge on any atom is 0.240 e. The first-order chi connectivity index (χ1) is 6.08. The number of thiol groups is 1. The maximum absolute atomic E-state index is 11.8. The van der Waals surface area contributed by atoms with Crippen LogP contribution in [-0.2, 0) is 4.79 Å². The van der Waals surface area contributed by atoms with Crippen molar-refractivity contribution in [1.29, 1.82) is 0 Å². The lowest BCUT2D eigenvalue weighted by molar-refractivity contribution is -0.134. The molecule has 0 spiro atoms. The molecule has 0 rings (SSSR count). The average Bonchev–Trinajstić information content (AvgIpc) is 2.07. The second kappa shape index (κ2) is 6.27. The smallest absolute Gasteiger partial charge is 0.240 e. The summed E-state index contributed by atoms with van der Waals surface area (Å²) in [7, 11) is 1.78. The number of rotatable bonds is 5. The first-order valence-electron chi connectivity index (χ1n) is 4.67. The van der Waals surface area contributed by atoms with Crippen molar-refractivity contribution in [2.24, 2.45) is 0 Å². The maximum atomic E-state index is 11.8. The molecule has 1 atom stereocenters. The van der Waals surface area contributed by atoms with Gasteiger partial charge in [-0.3, -0.25) is 4.79 Å². The minimum Gasteiger partial charge on any atom is -0.339 e. The highest BCUT2D eigenvalue weighted by atomic mass is 32.1. The van der Waals surface area contributed by atoms with Gasteiger partial charge in [0, 0.05) is 18.3 Å². The molecule has 13 heavy (non-hydrogen) atoms. The molecule has 0 fully saturated rings. The molecule has 78 valence electrons. The van der Waals surface area contributed by atoms with Gasteiger partial charge in [0.25, 0.3) is 0 Å². The van der Waals surface area contributed by atoms with Gasteiger partial charge in [-0.1, -0.05) is 0 Å². The molecule has 4 heteroatoms. The first-order valence-corrected chi connectivity index (χ1v) is 5.30. The lowest BCUT2D eigenvalue weighted by atomic mass is 10.2. The molecule has 0 aliphatic rings. The van der Waals surface area contributed by atoms with Crippen LogP contribution in [0.3, 0.4) is 0 Å². The zero-order valence-corrected chi connectivity index (χ0v) is 9.77. The van der Waals surface area contributed by atoms with E-state index in [1.165, 1.54) is 0 Å². The third kappa shape index (κ3) is 3.56. The van der Waals surface area contributed by atoms with Gasteiger partial charge >= 0.3 is 0 Å². The quantitative estimate of drug-likeness (QED) is 0.648. The molecule has 3 nitrogen and oxygen atoms in total. The molecule has 0 radical (unpaired) electrons. The van der Waals surface area contributed by atoms with Gasteiger partial charge in [-0.25, -0.2) is 0 Å². The molecular formula is C9H20N2OS. The third-order valence-corrected chi connectivity index (χ3v) is 2.44. The zero-order valence-electron chi connectivity index (χ0n) is 8.87. The molecule has 0 saturated heterocycles. The summed E-state index contributed by atoms with van der Waals surface area (Å²) in [5.41, 5.74) is 0. The van der Waals surface area contributed by atoms with E-state index in [0.717, 1.165) is 6.54 Å². The molecule has 0 aliphatic heterocycles. The molecule has 0 aliphatic carbocycles. The van der Waals surface area contributed by atoms with Gasteiger partial charge < -0.3 is 10.2 Å². The summed E-state index contributed by atoms with van der Waals surface area (Å²) < 4.78 is 0. The number of hydrogen-bond donors (Lipinski definition) is 2. The number of nitrogens with one attached hydrogen (secondary N) is 1. The van der Waals surface area contributed by atoms with Crippen molar-refractivity contribution in [2.45, 2.75) is 32.9 Å². The monoisotopic (exact) mass is 204 g/mol. The number of amides is 1. The van der Waals surface area contributed by atoms with Crippen molar-refractivity contribution in [2.75, 3.05) is 19.3 Å². The van der Waals surface area contributed by atoms with Crippen LogP contribution in [0, 0.1) is 0 Å². The third-order valence-electron chi connectivity index (χ3n) is 2.08. The van der Waals surface area contributed by atoms with E-state index >= 15 is 0 Å². The largest absolute Gasteiger partial charge is 0.339 e. The molecule has 0 heterocycles. The SMILES string of the molecule is CCN(C(=O)C(CS)NC)C(C)C. The van der Waals surface area contributed by atoms with Crippen LogP contribution >= 0.6 is 12.6 Å². The van der Waals surface area contributed by atoms with Crippen molar-refractivity contribution < 1.29 is 4.79 Å². The van der Waals surface area contributed by atoms with Crippen LogP contribution in [0.15, 0.2) is 0 Å². The Hall–Kier alpha value is -0.220. The Balaban J connectivity index is 4.34. The van der Waals surface area contributed by atoms with E-state index in [2.05, 4.69) is 17.9 Å². The van der Waals surface area contributed by atoms with Crippen LogP contribution in [0.25, 0.3) is 0 Å². The summed E-state index contributed by atoms with van der Waals surface area (Å²) in [6, 6.07) is 0.0962. The molecule has 0 aromatic carbocycles. The van der Waals surface area contributed by atoms with Crippen LogP contribution in [0.2, 0.25) is 0 Å². The molecular weight excluding hydrogens is 184 g/mol. The number of carbonyl (C=O) groups is 1. The number of carbonyl (C=O) groups excluding carboxylic acids is 1. The zero-order chi connectivity index (χ0) is 10.4. The van der Waals surface area contributed by atoms with Crippen molar-refractivity contribution in [3.63, 3.8) is 0 Å². The summed E-state index contributed by atoms with van der Waals surface area (Å²) in [5.74, 6) is 0.674. The standard InChI is InChI=1S/C9H20N2OS/c1-5-11(7(2)3)9(12)8(6-13)10-4/h7-8,10,13H,5-6H2,1-4H3. The lowest BCUT2D eigenvalue weighted by Crippen LogP contribution is -2.48. The highest BCUT2D eigenvalue weighted by molar-refractivity contribution is 7.80. The average molecular weight is 204 g/mol. The minimum atomic E-state index is -0.161. The van der Waals surface area contributed by atoms with Crippen molar-refractivity contribution in [3.8, 4) is 0 Å². The summed E-state index contributed by atoms with van der Waals surface area (Å²) >= 11 is 4.13. The van der Waals surface area contributed by atoms with Gasteiger partial charge in [-0.05, 0) is 27.8 Å². The Morgan fingerprint density at radius 2 is 2.08 bits per heavy atom. The van der Waals surface area contributed by atoms with Crippen LogP contribution in [0.4, 0.5) is 0 Å². The predicted octanol–water partition coefficient (Wildman–Crippen LogP) is 0.761. The molecule has 1 N–H and O–H groups in total. The Morgan fingerprint density at radius 1 is 1.54 bits per heavy atom. The first kappa shape index (κ1) is 12.8. The summed E-state index contributed by atoms with van der Waals surface area (Å²) in [5, 5.41) is 2.95. The number of likely N-dealkylation sites (N-methyl/N-ethyl adjacent to an activating group) is 2. The molecule has 1 unspecified atom stereocenters. The van der Waals surface area contributed by atoms with Crippen LogP contribution in [0.5, 0.6) is 0 Å². The van der Waals surface area contributed by atoms with E-state index in [1.807, 2.05) is 25.7 Å². The van der Waals surface area contributed by atoms with E-state index in [9.17, 15) is 4.79 Å². The Labute approximate surface area is 86.3 Å². The highest BCUT2D eigenvalue weighted by Gasteiger charge is 2.22. The van der Waals surface area contributed by atoms with Crippen LogP contribution in [0.1, 0.15) is 20.8 Å². The second-order valence-electron chi connectivity index (χ2n) is 3.24. The fourth-order valence-corrected chi connectivity index (χ4v) is 1.61. The lowest BCUT2D eigenvalue weighted by Gasteiger charge is -2.28.